The van der Waals surface area contributed by atoms with Crippen molar-refractivity contribution >= 4 is 53.2 Å². The van der Waals surface area contributed by atoms with Gasteiger partial charge in [-0.2, -0.15) is 0 Å². The number of amides is 5. The minimum atomic E-state index is -1.86. The molecule has 1 aliphatic carbocycles. The number of carbonyl (C=O) groups excluding carboxylic acids is 6. The van der Waals surface area contributed by atoms with E-state index in [0.29, 0.717) is 70.5 Å². The van der Waals surface area contributed by atoms with Gasteiger partial charge in [-0.05, 0) is 76.5 Å². The Morgan fingerprint density at radius 2 is 1.62 bits per heavy atom. The van der Waals surface area contributed by atoms with Gasteiger partial charge in [-0.15, -0.1) is 0 Å². The maximum absolute atomic E-state index is 14.2. The Labute approximate surface area is 463 Å². The van der Waals surface area contributed by atoms with Crippen LogP contribution >= 0.6 is 11.6 Å². The maximum Gasteiger partial charge on any atom is 0.409 e. The first-order valence-corrected chi connectivity index (χ1v) is 27.3. The summed E-state index contributed by atoms with van der Waals surface area (Å²) >= 11 is 6.78. The van der Waals surface area contributed by atoms with Gasteiger partial charge < -0.3 is 72.9 Å². The van der Waals surface area contributed by atoms with Crippen LogP contribution in [0.25, 0.3) is 0 Å². The fraction of sp³-hybridized carbons (Fsp3) is 0.673. The quantitative estimate of drug-likeness (QED) is 0.0327. The summed E-state index contributed by atoms with van der Waals surface area (Å²) in [7, 11) is 5.91. The van der Waals surface area contributed by atoms with Crippen molar-refractivity contribution in [2.75, 3.05) is 99.2 Å². The molecule has 0 radical (unpaired) electrons. The van der Waals surface area contributed by atoms with Gasteiger partial charge in [0, 0.05) is 59.5 Å². The summed E-state index contributed by atoms with van der Waals surface area (Å²) in [5.74, 6) is -2.08. The third-order valence-corrected chi connectivity index (χ3v) is 14.4. The van der Waals surface area contributed by atoms with E-state index in [0.717, 1.165) is 43.2 Å². The molecule has 2 saturated heterocycles. The van der Waals surface area contributed by atoms with E-state index in [1.54, 1.807) is 38.3 Å². The van der Waals surface area contributed by atoms with Gasteiger partial charge in [0.05, 0.1) is 78.2 Å². The molecule has 1 aromatic carbocycles. The Morgan fingerprint density at radius 3 is 2.32 bits per heavy atom. The van der Waals surface area contributed by atoms with Crippen molar-refractivity contribution in [1.29, 1.82) is 0 Å². The smallest absolute Gasteiger partial charge is 0.409 e. The van der Waals surface area contributed by atoms with Crippen LogP contribution in [0.3, 0.4) is 0 Å². The SMILES string of the molecule is COc1cc2cc(c1Cl)N(C)C(=O)C[C@H](OC(=O)[C@H](C)N(C)C(=O)CCCNC(=O)CCOCCOCCOCCOCCNC(=O)OC1CCC=CCCC1)[C@@H]1OC1[C@H](C)[C@@H]1C[C@@](O)(NC(=O)O1)[C@H](OC)/C=C/C=C(\C)C2. The Hall–Kier alpha value is -5.33. The number of hydrogen-bond acceptors (Lipinski definition) is 17. The average molecular weight is 1120 g/mol. The molecular formula is C55H82ClN5O17. The summed E-state index contributed by atoms with van der Waals surface area (Å²) in [6, 6.07) is 2.47. The van der Waals surface area contributed by atoms with Crippen molar-refractivity contribution in [3.05, 3.63) is 58.7 Å². The zero-order valence-corrected chi connectivity index (χ0v) is 47.0. The van der Waals surface area contributed by atoms with Gasteiger partial charge in [-0.3, -0.25) is 19.7 Å². The van der Waals surface area contributed by atoms with Gasteiger partial charge >= 0.3 is 18.2 Å². The molecular weight excluding hydrogens is 1040 g/mol. The summed E-state index contributed by atoms with van der Waals surface area (Å²) in [5.41, 5.74) is 0.191. The average Bonchev–Trinajstić information content (AvgIpc) is 4.25. The van der Waals surface area contributed by atoms with Crippen LogP contribution in [0.1, 0.15) is 90.5 Å². The zero-order chi connectivity index (χ0) is 56.6. The number of alkyl carbamates (subject to hydrolysis) is 2. The molecule has 78 heavy (non-hydrogen) atoms. The molecule has 22 nitrogen and oxygen atoms in total. The monoisotopic (exact) mass is 1120 g/mol. The number of rotatable bonds is 25. The highest BCUT2D eigenvalue weighted by atomic mass is 35.5. The van der Waals surface area contributed by atoms with Gasteiger partial charge in [-0.25, -0.2) is 14.4 Å². The third kappa shape index (κ3) is 20.4. The number of carbonyl (C=O) groups is 6. The van der Waals surface area contributed by atoms with Gasteiger partial charge in [-0.1, -0.05) is 54.5 Å². The predicted octanol–water partition coefficient (Wildman–Crippen LogP) is 5.09. The number of aliphatic hydroxyl groups is 1. The summed E-state index contributed by atoms with van der Waals surface area (Å²) in [6.07, 6.45) is 8.79. The molecule has 0 saturated carbocycles. The van der Waals surface area contributed by atoms with E-state index in [2.05, 4.69) is 28.1 Å². The number of benzene rings is 1. The maximum atomic E-state index is 14.2. The highest BCUT2D eigenvalue weighted by molar-refractivity contribution is 6.35. The molecule has 4 N–H and O–H groups in total. The lowest BCUT2D eigenvalue weighted by atomic mass is 9.87. The Kier molecular flexibility index (Phi) is 26.6. The summed E-state index contributed by atoms with van der Waals surface area (Å²) in [5, 5.41) is 20.0. The molecule has 4 aliphatic rings. The molecule has 9 atom stereocenters. The Balaban J connectivity index is 1.01. The third-order valence-electron chi connectivity index (χ3n) is 14.0. The lowest BCUT2D eigenvalue weighted by Gasteiger charge is -2.41. The number of anilines is 1. The van der Waals surface area contributed by atoms with Crippen LogP contribution in [-0.2, 0) is 68.2 Å². The number of esters is 1. The first kappa shape index (κ1) is 63.5. The molecule has 1 aromatic rings. The standard InChI is InChI=1S/C55H82ClN5O17/c1-36-15-13-18-45(70-7)55(68)35-44(77-54(67)59-55)37(2)50-51(78-50)43(34-48(64)61(5)41-32-39(31-36)33-42(69-6)49(41)56)76-52(65)38(3)60(4)47(63)19-14-21-57-46(62)20-23-71-25-27-73-29-30-74-28-26-72-24-22-58-53(66)75-40-16-11-9-8-10-12-17-40/h8-9,13,15,18,32-33,37-38,40,43-45,50-51,68H,10-12,14,16-17,19-31,34-35H2,1-7H3,(H,57,62)(H,58,66)(H,59,67)/b9-8?,18-13+,36-15+/t37-,38+,40?,43+,44+,45-,50?,51+,55+/m1/s1. The fourth-order valence-corrected chi connectivity index (χ4v) is 9.48. The summed E-state index contributed by atoms with van der Waals surface area (Å²) < 4.78 is 56.6. The van der Waals surface area contributed by atoms with Crippen LogP contribution in [0.2, 0.25) is 5.02 Å². The number of nitrogens with zero attached hydrogens (tertiary/aromatic N) is 2. The first-order valence-electron chi connectivity index (χ1n) is 26.9. The fourth-order valence-electron chi connectivity index (χ4n) is 9.17. The number of likely N-dealkylation sites (N-methyl/N-ethyl adjacent to an activating group) is 1. The second kappa shape index (κ2) is 32.7. The summed E-state index contributed by atoms with van der Waals surface area (Å²) in [6.45, 7) is 8.38. The van der Waals surface area contributed by atoms with E-state index in [1.165, 1.54) is 38.0 Å². The van der Waals surface area contributed by atoms with Crippen molar-refractivity contribution in [3.8, 4) is 5.75 Å². The molecule has 0 spiro atoms. The number of ether oxygens (including phenoxy) is 10. The highest BCUT2D eigenvalue weighted by Gasteiger charge is 2.56. The second-order valence-electron chi connectivity index (χ2n) is 19.9. The van der Waals surface area contributed by atoms with Gasteiger partial charge in [0.2, 0.25) is 17.7 Å². The molecule has 436 valence electrons. The second-order valence-corrected chi connectivity index (χ2v) is 20.3. The number of epoxide rings is 1. The number of halogens is 1. The van der Waals surface area contributed by atoms with Crippen LogP contribution in [0.4, 0.5) is 15.3 Å². The normalized spacial score (nSPS) is 26.0. The van der Waals surface area contributed by atoms with Gasteiger partial charge in [0.15, 0.2) is 5.72 Å². The predicted molar refractivity (Wildman–Crippen MR) is 287 cm³/mol. The number of nitrogens with one attached hydrogen (secondary N) is 3. The Morgan fingerprint density at radius 1 is 0.923 bits per heavy atom. The van der Waals surface area contributed by atoms with Crippen molar-refractivity contribution in [1.82, 2.24) is 20.9 Å². The lowest BCUT2D eigenvalue weighted by Crippen LogP contribution is -2.63. The van der Waals surface area contributed by atoms with Crippen LogP contribution in [-0.4, -0.2) is 189 Å². The van der Waals surface area contributed by atoms with E-state index in [4.69, 9.17) is 59.0 Å². The minimum absolute atomic E-state index is 0.0189. The van der Waals surface area contributed by atoms with E-state index >= 15 is 0 Å². The number of hydrogen-bond donors (Lipinski definition) is 4. The molecule has 23 heteroatoms. The first-order chi connectivity index (χ1) is 37.4. The van der Waals surface area contributed by atoms with E-state index in [9.17, 15) is 33.9 Å². The van der Waals surface area contributed by atoms with Crippen molar-refractivity contribution in [3.63, 3.8) is 0 Å². The topological polar surface area (TPSA) is 261 Å². The van der Waals surface area contributed by atoms with Crippen molar-refractivity contribution in [2.24, 2.45) is 5.92 Å². The highest BCUT2D eigenvalue weighted by Crippen LogP contribution is 2.42. The lowest BCUT2D eigenvalue weighted by molar-refractivity contribution is -0.159. The molecule has 2 fully saturated rings. The van der Waals surface area contributed by atoms with Crippen molar-refractivity contribution < 1.29 is 81.2 Å². The van der Waals surface area contributed by atoms with Gasteiger partial charge in [0.25, 0.3) is 0 Å². The molecule has 3 aliphatic heterocycles. The van der Waals surface area contributed by atoms with E-state index in [-0.39, 0.29) is 68.4 Å². The molecule has 3 heterocycles. The Bertz CT molecular complexity index is 2230. The molecule has 5 rings (SSSR count). The minimum Gasteiger partial charge on any atom is -0.495 e. The summed E-state index contributed by atoms with van der Waals surface area (Å²) in [4.78, 5) is 81.4. The molecule has 5 amide bonds. The van der Waals surface area contributed by atoms with E-state index < -0.39 is 72.3 Å². The largest absolute Gasteiger partial charge is 0.495 e. The molecule has 0 aromatic heterocycles. The van der Waals surface area contributed by atoms with Crippen LogP contribution in [0.5, 0.6) is 5.75 Å². The van der Waals surface area contributed by atoms with Crippen LogP contribution in [0.15, 0.2) is 48.1 Å². The number of fused-ring (bicyclic) bond motifs is 5. The van der Waals surface area contributed by atoms with Crippen LogP contribution in [0, 0.1) is 5.92 Å². The number of allylic oxidation sites excluding steroid dienone is 5. The molecule has 4 bridgehead atoms. The van der Waals surface area contributed by atoms with E-state index in [1.807, 2.05) is 13.0 Å². The van der Waals surface area contributed by atoms with Crippen molar-refractivity contribution in [2.45, 2.75) is 140 Å². The number of methoxy groups -OCH3 is 2. The zero-order valence-electron chi connectivity index (χ0n) is 46.3. The van der Waals surface area contributed by atoms with Crippen LogP contribution < -0.4 is 25.6 Å². The molecule has 2 unspecified atom stereocenters. The van der Waals surface area contributed by atoms with Gasteiger partial charge in [0.1, 0.15) is 47.3 Å².